The summed E-state index contributed by atoms with van der Waals surface area (Å²) in [5, 5.41) is 16.0. The number of carbonyl (C=O) groups excluding carboxylic acids is 1. The van der Waals surface area contributed by atoms with E-state index in [0.29, 0.717) is 22.0 Å². The molecule has 0 heterocycles. The molecule has 1 aliphatic carbocycles. The molecule has 0 unspecified atom stereocenters. The average Bonchev–Trinajstić information content (AvgIpc) is 2.61. The lowest BCUT2D eigenvalue weighted by Gasteiger charge is -2.35. The summed E-state index contributed by atoms with van der Waals surface area (Å²) in [6, 6.07) is 16.8. The molecule has 0 spiro atoms. The summed E-state index contributed by atoms with van der Waals surface area (Å²) < 4.78 is 0. The monoisotopic (exact) mass is 365 g/mol. The number of nitrogens with one attached hydrogen (secondary N) is 2. The number of amides is 2. The van der Waals surface area contributed by atoms with Gasteiger partial charge in [-0.05, 0) is 36.6 Å². The largest absolute Gasteiger partial charge is 0.323 e. The summed E-state index contributed by atoms with van der Waals surface area (Å²) in [5.74, 6) is 0. The molecule has 0 radical (unpaired) electrons. The van der Waals surface area contributed by atoms with Crippen molar-refractivity contribution in [3.8, 4) is 6.07 Å². The highest BCUT2D eigenvalue weighted by Gasteiger charge is 2.36. The minimum atomic E-state index is -0.398. The van der Waals surface area contributed by atoms with Gasteiger partial charge in [-0.25, -0.2) is 4.79 Å². The molecular weight excluding hydrogens is 346 g/mol. The molecule has 4 nitrogen and oxygen atoms in total. The van der Waals surface area contributed by atoms with Gasteiger partial charge < -0.3 is 10.6 Å². The lowest BCUT2D eigenvalue weighted by Crippen LogP contribution is -2.35. The molecule has 132 valence electrons. The first kappa shape index (κ1) is 18.0. The van der Waals surface area contributed by atoms with Gasteiger partial charge in [-0.3, -0.25) is 0 Å². The van der Waals surface area contributed by atoms with E-state index >= 15 is 0 Å². The van der Waals surface area contributed by atoms with Gasteiger partial charge in [-0.2, -0.15) is 5.26 Å². The first-order chi connectivity index (χ1) is 12.5. The van der Waals surface area contributed by atoms with E-state index in [2.05, 4.69) is 30.6 Å². The molecule has 0 fully saturated rings. The van der Waals surface area contributed by atoms with Gasteiger partial charge in [-0.1, -0.05) is 55.8 Å². The van der Waals surface area contributed by atoms with Crippen LogP contribution in [0.5, 0.6) is 0 Å². The number of rotatable bonds is 3. The maximum atomic E-state index is 12.6. The summed E-state index contributed by atoms with van der Waals surface area (Å²) >= 11 is 5.96. The fourth-order valence-corrected chi connectivity index (χ4v) is 3.52. The predicted molar refractivity (Wildman–Crippen MR) is 105 cm³/mol. The second-order valence-corrected chi connectivity index (χ2v) is 7.14. The highest BCUT2D eigenvalue weighted by Crippen LogP contribution is 2.43. The molecule has 0 bridgehead atoms. The standard InChI is InChI=1S/C21H20ClN3O/c1-3-21(2)12-14-7-4-5-10-17(14)19(18(21)13-23)25-20(26)24-16-9-6-8-15(22)11-16/h4-11H,3,12H2,1-2H3,(H2,24,25,26)/t21-/m1/s1. The Morgan fingerprint density at radius 1 is 1.23 bits per heavy atom. The fraction of sp³-hybridized carbons (Fsp3) is 0.238. The first-order valence-corrected chi connectivity index (χ1v) is 8.91. The van der Waals surface area contributed by atoms with E-state index < -0.39 is 6.03 Å². The molecule has 26 heavy (non-hydrogen) atoms. The van der Waals surface area contributed by atoms with Gasteiger partial charge >= 0.3 is 6.03 Å². The van der Waals surface area contributed by atoms with Gasteiger partial charge in [-0.15, -0.1) is 0 Å². The lowest BCUT2D eigenvalue weighted by atomic mass is 9.69. The number of fused-ring (bicyclic) bond motifs is 1. The van der Waals surface area contributed by atoms with E-state index in [1.165, 1.54) is 0 Å². The molecule has 2 aromatic rings. The van der Waals surface area contributed by atoms with Crippen LogP contribution in [0, 0.1) is 16.7 Å². The van der Waals surface area contributed by atoms with Gasteiger partial charge in [0.05, 0.1) is 17.3 Å². The van der Waals surface area contributed by atoms with Gasteiger partial charge in [0.2, 0.25) is 0 Å². The highest BCUT2D eigenvalue weighted by atomic mass is 35.5. The minimum Gasteiger partial charge on any atom is -0.308 e. The lowest BCUT2D eigenvalue weighted by molar-refractivity contribution is 0.255. The summed E-state index contributed by atoms with van der Waals surface area (Å²) in [7, 11) is 0. The molecule has 2 N–H and O–H groups in total. The number of halogens is 1. The summed E-state index contributed by atoms with van der Waals surface area (Å²) in [6.07, 6.45) is 1.59. The Hall–Kier alpha value is -2.77. The topological polar surface area (TPSA) is 64.9 Å². The molecule has 0 aromatic heterocycles. The molecule has 2 amide bonds. The van der Waals surface area contributed by atoms with Crippen molar-refractivity contribution in [2.24, 2.45) is 5.41 Å². The second kappa shape index (κ2) is 7.23. The van der Waals surface area contributed by atoms with E-state index in [1.54, 1.807) is 24.3 Å². The van der Waals surface area contributed by atoms with Crippen LogP contribution in [0.15, 0.2) is 54.1 Å². The van der Waals surface area contributed by atoms with Crippen LogP contribution in [0.2, 0.25) is 5.02 Å². The Morgan fingerprint density at radius 3 is 2.69 bits per heavy atom. The van der Waals surface area contributed by atoms with Crippen molar-refractivity contribution in [3.05, 3.63) is 70.3 Å². The Morgan fingerprint density at radius 2 is 2.00 bits per heavy atom. The van der Waals surface area contributed by atoms with Gasteiger partial charge in [0, 0.05) is 21.7 Å². The number of benzene rings is 2. The van der Waals surface area contributed by atoms with Crippen LogP contribution in [-0.2, 0) is 6.42 Å². The number of allylic oxidation sites excluding steroid dienone is 1. The maximum Gasteiger partial charge on any atom is 0.323 e. The Bertz CT molecular complexity index is 929. The van der Waals surface area contributed by atoms with Crippen molar-refractivity contribution in [2.75, 3.05) is 5.32 Å². The molecule has 3 rings (SSSR count). The number of hydrogen-bond donors (Lipinski definition) is 2. The Labute approximate surface area is 158 Å². The second-order valence-electron chi connectivity index (χ2n) is 6.70. The van der Waals surface area contributed by atoms with Gasteiger partial charge in [0.25, 0.3) is 0 Å². The van der Waals surface area contributed by atoms with Crippen LogP contribution >= 0.6 is 11.6 Å². The van der Waals surface area contributed by atoms with Crippen LogP contribution < -0.4 is 10.6 Å². The van der Waals surface area contributed by atoms with Crippen molar-refractivity contribution in [1.29, 1.82) is 5.26 Å². The fourth-order valence-electron chi connectivity index (χ4n) is 3.33. The van der Waals surface area contributed by atoms with Crippen LogP contribution in [0.4, 0.5) is 10.5 Å². The van der Waals surface area contributed by atoms with E-state index in [4.69, 9.17) is 11.6 Å². The third kappa shape index (κ3) is 3.44. The van der Waals surface area contributed by atoms with E-state index in [-0.39, 0.29) is 5.41 Å². The summed E-state index contributed by atoms with van der Waals surface area (Å²) in [5.41, 5.74) is 3.52. The number of anilines is 1. The smallest absolute Gasteiger partial charge is 0.308 e. The number of nitriles is 1. The van der Waals surface area contributed by atoms with E-state index in [0.717, 1.165) is 24.0 Å². The first-order valence-electron chi connectivity index (χ1n) is 8.53. The van der Waals surface area contributed by atoms with Crippen LogP contribution in [0.25, 0.3) is 5.70 Å². The SMILES string of the molecule is CC[C@]1(C)Cc2ccccc2C(NC(=O)Nc2cccc(Cl)c2)=C1C#N. The van der Waals surface area contributed by atoms with Gasteiger partial charge in [0.15, 0.2) is 0 Å². The number of hydrogen-bond acceptors (Lipinski definition) is 2. The molecule has 0 saturated carbocycles. The van der Waals surface area contributed by atoms with Crippen molar-refractivity contribution < 1.29 is 4.79 Å². The molecule has 0 aliphatic heterocycles. The summed E-state index contributed by atoms with van der Waals surface area (Å²) in [6.45, 7) is 4.13. The molecule has 2 aromatic carbocycles. The van der Waals surface area contributed by atoms with Crippen molar-refractivity contribution in [2.45, 2.75) is 26.7 Å². The molecule has 1 aliphatic rings. The molecular formula is C21H20ClN3O. The zero-order valence-electron chi connectivity index (χ0n) is 14.8. The number of carbonyl (C=O) groups is 1. The predicted octanol–water partition coefficient (Wildman–Crippen LogP) is 5.37. The minimum absolute atomic E-state index is 0.304. The molecule has 5 heteroatoms. The van der Waals surface area contributed by atoms with E-state index in [9.17, 15) is 10.1 Å². The zero-order valence-corrected chi connectivity index (χ0v) is 15.5. The number of nitrogens with zero attached hydrogens (tertiary/aromatic N) is 1. The Kier molecular flexibility index (Phi) is 5.01. The van der Waals surface area contributed by atoms with Crippen LogP contribution in [0.1, 0.15) is 31.4 Å². The quantitative estimate of drug-likeness (QED) is 0.768. The average molecular weight is 366 g/mol. The third-order valence-electron chi connectivity index (χ3n) is 4.93. The maximum absolute atomic E-state index is 12.6. The highest BCUT2D eigenvalue weighted by molar-refractivity contribution is 6.30. The number of urea groups is 1. The summed E-state index contributed by atoms with van der Waals surface area (Å²) in [4.78, 5) is 12.6. The third-order valence-corrected chi connectivity index (χ3v) is 5.17. The van der Waals surface area contributed by atoms with Crippen LogP contribution in [-0.4, -0.2) is 6.03 Å². The van der Waals surface area contributed by atoms with Crippen LogP contribution in [0.3, 0.4) is 0 Å². The Balaban J connectivity index is 1.97. The molecule has 0 saturated heterocycles. The van der Waals surface area contributed by atoms with Gasteiger partial charge in [0.1, 0.15) is 0 Å². The van der Waals surface area contributed by atoms with Crippen molar-refractivity contribution in [1.82, 2.24) is 5.32 Å². The normalized spacial score (nSPS) is 18.7. The zero-order chi connectivity index (χ0) is 18.7. The van der Waals surface area contributed by atoms with Crippen molar-refractivity contribution in [3.63, 3.8) is 0 Å². The van der Waals surface area contributed by atoms with E-state index in [1.807, 2.05) is 24.3 Å². The molecule has 1 atom stereocenters. The van der Waals surface area contributed by atoms with Crippen molar-refractivity contribution >= 4 is 29.0 Å².